The molecule has 0 aliphatic carbocycles. The van der Waals surface area contributed by atoms with Gasteiger partial charge in [0.25, 0.3) is 0 Å². The molecule has 20 heavy (non-hydrogen) atoms. The highest BCUT2D eigenvalue weighted by Gasteiger charge is 2.20. The molecule has 5 heteroatoms. The molecule has 1 aromatic rings. The summed E-state index contributed by atoms with van der Waals surface area (Å²) in [6, 6.07) is 8.84. The van der Waals surface area contributed by atoms with Crippen molar-refractivity contribution in [2.24, 2.45) is 0 Å². The molecule has 2 N–H and O–H groups in total. The van der Waals surface area contributed by atoms with Gasteiger partial charge < -0.3 is 14.9 Å². The van der Waals surface area contributed by atoms with E-state index in [2.05, 4.69) is 4.90 Å². The number of nitrogens with zero attached hydrogens (tertiary/aromatic N) is 2. The largest absolute Gasteiger partial charge is 0.491 e. The predicted octanol–water partition coefficient (Wildman–Crippen LogP) is 0.755. The fourth-order valence-corrected chi connectivity index (χ4v) is 2.37. The fraction of sp³-hybridized carbons (Fsp3) is 0.533. The third kappa shape index (κ3) is 4.49. The Morgan fingerprint density at radius 1 is 1.40 bits per heavy atom. The number of piperidine rings is 1. The summed E-state index contributed by atoms with van der Waals surface area (Å²) in [6.45, 7) is 2.24. The summed E-state index contributed by atoms with van der Waals surface area (Å²) in [5.41, 5.74) is 0.584. The molecule has 0 saturated carbocycles. The Labute approximate surface area is 119 Å². The van der Waals surface area contributed by atoms with Gasteiger partial charge in [0.05, 0.1) is 17.7 Å². The quantitative estimate of drug-likeness (QED) is 0.830. The summed E-state index contributed by atoms with van der Waals surface area (Å²) < 4.78 is 5.49. The van der Waals surface area contributed by atoms with Crippen molar-refractivity contribution in [2.45, 2.75) is 25.0 Å². The van der Waals surface area contributed by atoms with Crippen LogP contribution in [0.4, 0.5) is 0 Å². The molecule has 108 valence electrons. The average molecular weight is 276 g/mol. The van der Waals surface area contributed by atoms with Crippen LogP contribution < -0.4 is 4.74 Å². The van der Waals surface area contributed by atoms with Gasteiger partial charge in [-0.25, -0.2) is 0 Å². The van der Waals surface area contributed by atoms with E-state index in [4.69, 9.17) is 10.00 Å². The second-order valence-electron chi connectivity index (χ2n) is 5.16. The van der Waals surface area contributed by atoms with Gasteiger partial charge in [-0.15, -0.1) is 0 Å². The van der Waals surface area contributed by atoms with Gasteiger partial charge in [-0.2, -0.15) is 5.26 Å². The molecule has 0 amide bonds. The summed E-state index contributed by atoms with van der Waals surface area (Å²) >= 11 is 0. The summed E-state index contributed by atoms with van der Waals surface area (Å²) in [5, 5.41) is 28.2. The highest BCUT2D eigenvalue weighted by atomic mass is 16.5. The van der Waals surface area contributed by atoms with Gasteiger partial charge in [-0.05, 0) is 43.7 Å². The van der Waals surface area contributed by atoms with Crippen LogP contribution in [-0.2, 0) is 0 Å². The molecule has 0 spiro atoms. The van der Waals surface area contributed by atoms with E-state index in [-0.39, 0.29) is 12.7 Å². The Hall–Kier alpha value is -1.61. The normalized spacial score (nSPS) is 21.1. The molecule has 2 rings (SSSR count). The third-order valence-corrected chi connectivity index (χ3v) is 3.38. The van der Waals surface area contributed by atoms with E-state index in [0.717, 1.165) is 19.4 Å². The zero-order valence-corrected chi connectivity index (χ0v) is 11.4. The molecule has 1 saturated heterocycles. The van der Waals surface area contributed by atoms with Gasteiger partial charge >= 0.3 is 0 Å². The SMILES string of the molecule is N#Cc1ccc(OC[C@@H](O)CN2CCC[C@H](O)C2)cc1. The molecule has 0 radical (unpaired) electrons. The van der Waals surface area contributed by atoms with Crippen molar-refractivity contribution in [3.63, 3.8) is 0 Å². The third-order valence-electron chi connectivity index (χ3n) is 3.38. The Kier molecular flexibility index (Phi) is 5.36. The minimum Gasteiger partial charge on any atom is -0.491 e. The summed E-state index contributed by atoms with van der Waals surface area (Å²) in [7, 11) is 0. The molecular formula is C15H20N2O3. The van der Waals surface area contributed by atoms with Gasteiger partial charge in [0.15, 0.2) is 0 Å². The number of ether oxygens (including phenoxy) is 1. The number of hydrogen-bond donors (Lipinski definition) is 2. The molecule has 0 unspecified atom stereocenters. The lowest BCUT2D eigenvalue weighted by Gasteiger charge is -2.31. The van der Waals surface area contributed by atoms with Crippen LogP contribution >= 0.6 is 0 Å². The summed E-state index contributed by atoms with van der Waals surface area (Å²) in [6.07, 6.45) is 0.935. The topological polar surface area (TPSA) is 76.7 Å². The highest BCUT2D eigenvalue weighted by molar-refractivity contribution is 5.34. The molecule has 0 aromatic heterocycles. The lowest BCUT2D eigenvalue weighted by Crippen LogP contribution is -2.43. The van der Waals surface area contributed by atoms with Crippen molar-refractivity contribution in [3.8, 4) is 11.8 Å². The van der Waals surface area contributed by atoms with Crippen molar-refractivity contribution in [1.82, 2.24) is 4.90 Å². The predicted molar refractivity (Wildman–Crippen MR) is 74.3 cm³/mol. The first-order chi connectivity index (χ1) is 9.67. The minimum atomic E-state index is -0.587. The maximum Gasteiger partial charge on any atom is 0.119 e. The van der Waals surface area contributed by atoms with Crippen LogP contribution in [0, 0.1) is 11.3 Å². The number of hydrogen-bond acceptors (Lipinski definition) is 5. The zero-order chi connectivity index (χ0) is 14.4. The van der Waals surface area contributed by atoms with E-state index in [1.54, 1.807) is 24.3 Å². The van der Waals surface area contributed by atoms with Crippen LogP contribution in [0.5, 0.6) is 5.75 Å². The molecule has 1 aromatic carbocycles. The first kappa shape index (κ1) is 14.8. The van der Waals surface area contributed by atoms with E-state index in [0.29, 0.717) is 24.4 Å². The van der Waals surface area contributed by atoms with Crippen LogP contribution in [-0.4, -0.2) is 53.6 Å². The highest BCUT2D eigenvalue weighted by Crippen LogP contribution is 2.13. The first-order valence-corrected chi connectivity index (χ1v) is 6.89. The standard InChI is InChI=1S/C15H20N2O3/c16-8-12-3-5-15(6-4-12)20-11-14(19)10-17-7-1-2-13(18)9-17/h3-6,13-14,18-19H,1-2,7,9-11H2/t13-,14-/m0/s1. The van der Waals surface area contributed by atoms with Gasteiger partial charge in [0.2, 0.25) is 0 Å². The molecule has 2 atom stereocenters. The average Bonchev–Trinajstić information content (AvgIpc) is 2.46. The lowest BCUT2D eigenvalue weighted by atomic mass is 10.1. The number of benzene rings is 1. The Balaban J connectivity index is 1.74. The van der Waals surface area contributed by atoms with E-state index < -0.39 is 6.10 Å². The number of aliphatic hydroxyl groups excluding tert-OH is 2. The number of nitriles is 1. The molecule has 1 fully saturated rings. The van der Waals surface area contributed by atoms with Gasteiger partial charge in [0, 0.05) is 13.1 Å². The van der Waals surface area contributed by atoms with E-state index in [1.165, 1.54) is 0 Å². The van der Waals surface area contributed by atoms with Crippen LogP contribution in [0.15, 0.2) is 24.3 Å². The van der Waals surface area contributed by atoms with Crippen LogP contribution in [0.2, 0.25) is 0 Å². The second-order valence-corrected chi connectivity index (χ2v) is 5.16. The molecule has 1 aliphatic rings. The maximum absolute atomic E-state index is 9.95. The molecular weight excluding hydrogens is 256 g/mol. The van der Waals surface area contributed by atoms with E-state index >= 15 is 0 Å². The summed E-state index contributed by atoms with van der Waals surface area (Å²) in [5.74, 6) is 0.640. The second kappa shape index (κ2) is 7.25. The fourth-order valence-electron chi connectivity index (χ4n) is 2.37. The first-order valence-electron chi connectivity index (χ1n) is 6.89. The van der Waals surface area contributed by atoms with Crippen molar-refractivity contribution in [2.75, 3.05) is 26.2 Å². The molecule has 1 heterocycles. The zero-order valence-electron chi connectivity index (χ0n) is 11.4. The molecule has 1 aliphatic heterocycles. The minimum absolute atomic E-state index is 0.207. The number of likely N-dealkylation sites (tertiary alicyclic amines) is 1. The molecule has 0 bridgehead atoms. The van der Waals surface area contributed by atoms with E-state index in [9.17, 15) is 10.2 Å². The van der Waals surface area contributed by atoms with Gasteiger partial charge in [-0.1, -0.05) is 0 Å². The van der Waals surface area contributed by atoms with Gasteiger partial charge in [0.1, 0.15) is 18.5 Å². The van der Waals surface area contributed by atoms with Crippen molar-refractivity contribution >= 4 is 0 Å². The Morgan fingerprint density at radius 2 is 2.15 bits per heavy atom. The summed E-state index contributed by atoms with van der Waals surface area (Å²) in [4.78, 5) is 2.06. The van der Waals surface area contributed by atoms with Crippen LogP contribution in [0.1, 0.15) is 18.4 Å². The monoisotopic (exact) mass is 276 g/mol. The smallest absolute Gasteiger partial charge is 0.119 e. The van der Waals surface area contributed by atoms with Crippen molar-refractivity contribution in [3.05, 3.63) is 29.8 Å². The number of rotatable bonds is 5. The number of aliphatic hydroxyl groups is 2. The lowest BCUT2D eigenvalue weighted by molar-refractivity contribution is 0.0243. The number of β-amino-alcohol motifs (C(OH)–C–C–N with tert-alkyl or cyclic N) is 2. The maximum atomic E-state index is 9.95. The van der Waals surface area contributed by atoms with Crippen molar-refractivity contribution in [1.29, 1.82) is 5.26 Å². The molecule has 5 nitrogen and oxygen atoms in total. The van der Waals surface area contributed by atoms with Gasteiger partial charge in [-0.3, -0.25) is 4.90 Å². The van der Waals surface area contributed by atoms with E-state index in [1.807, 2.05) is 6.07 Å². The Bertz CT molecular complexity index is 455. The van der Waals surface area contributed by atoms with Crippen LogP contribution in [0.25, 0.3) is 0 Å². The van der Waals surface area contributed by atoms with Crippen LogP contribution in [0.3, 0.4) is 0 Å². The van der Waals surface area contributed by atoms with Crippen molar-refractivity contribution < 1.29 is 14.9 Å². The Morgan fingerprint density at radius 3 is 2.80 bits per heavy atom.